The van der Waals surface area contributed by atoms with Crippen LogP contribution in [0.25, 0.3) is 0 Å². The van der Waals surface area contributed by atoms with Crippen LogP contribution < -0.4 is 4.90 Å². The van der Waals surface area contributed by atoms with Crippen molar-refractivity contribution in [2.45, 2.75) is 31.5 Å². The lowest BCUT2D eigenvalue weighted by Crippen LogP contribution is -2.34. The quantitative estimate of drug-likeness (QED) is 0.831. The third-order valence-corrected chi connectivity index (χ3v) is 3.92. The van der Waals surface area contributed by atoms with Crippen LogP contribution in [0, 0.1) is 0 Å². The summed E-state index contributed by atoms with van der Waals surface area (Å²) in [5.74, 6) is 0.501. The SMILES string of the molecule is FC(F)(F)c1ccc(N2CCCC[C@@H]2c2ccccc2)nn1. The maximum atomic E-state index is 12.6. The topological polar surface area (TPSA) is 29.0 Å². The molecule has 0 bridgehead atoms. The van der Waals surface area contributed by atoms with Crippen LogP contribution >= 0.6 is 0 Å². The van der Waals surface area contributed by atoms with E-state index < -0.39 is 11.9 Å². The van der Waals surface area contributed by atoms with Crippen LogP contribution in [0.1, 0.15) is 36.6 Å². The molecule has 1 atom stereocenters. The first kappa shape index (κ1) is 14.8. The minimum atomic E-state index is -4.45. The number of piperidine rings is 1. The van der Waals surface area contributed by atoms with Crippen LogP contribution in [-0.4, -0.2) is 16.7 Å². The molecule has 0 unspecified atom stereocenters. The van der Waals surface area contributed by atoms with Gasteiger partial charge in [-0.15, -0.1) is 10.2 Å². The second kappa shape index (κ2) is 5.94. The highest BCUT2D eigenvalue weighted by atomic mass is 19.4. The third-order valence-electron chi connectivity index (χ3n) is 3.92. The van der Waals surface area contributed by atoms with Gasteiger partial charge in [0.05, 0.1) is 6.04 Å². The van der Waals surface area contributed by atoms with Crippen molar-refractivity contribution in [3.63, 3.8) is 0 Å². The highest BCUT2D eigenvalue weighted by Gasteiger charge is 2.33. The van der Waals surface area contributed by atoms with Crippen molar-refractivity contribution in [1.82, 2.24) is 10.2 Å². The second-order valence-corrected chi connectivity index (χ2v) is 5.39. The average Bonchev–Trinajstić information content (AvgIpc) is 2.55. The largest absolute Gasteiger partial charge is 0.435 e. The van der Waals surface area contributed by atoms with E-state index in [-0.39, 0.29) is 6.04 Å². The fraction of sp³-hybridized carbons (Fsp3) is 0.375. The lowest BCUT2D eigenvalue weighted by molar-refractivity contribution is -0.141. The molecule has 3 rings (SSSR count). The smallest absolute Gasteiger partial charge is 0.348 e. The number of benzene rings is 1. The summed E-state index contributed by atoms with van der Waals surface area (Å²) in [6.45, 7) is 0.777. The van der Waals surface area contributed by atoms with Crippen LogP contribution in [0.3, 0.4) is 0 Å². The minimum absolute atomic E-state index is 0.140. The predicted octanol–water partition coefficient (Wildman–Crippen LogP) is 4.23. The molecule has 1 aliphatic heterocycles. The maximum Gasteiger partial charge on any atom is 0.435 e. The first-order valence-corrected chi connectivity index (χ1v) is 7.28. The van der Waals surface area contributed by atoms with Gasteiger partial charge in [0.15, 0.2) is 11.5 Å². The molecule has 2 aromatic rings. The summed E-state index contributed by atoms with van der Waals surface area (Å²) in [5.41, 5.74) is 0.202. The number of nitrogens with zero attached hydrogens (tertiary/aromatic N) is 3. The summed E-state index contributed by atoms with van der Waals surface area (Å²) in [5, 5.41) is 7.14. The molecule has 0 amide bonds. The number of hydrogen-bond donors (Lipinski definition) is 0. The zero-order valence-electron chi connectivity index (χ0n) is 11.9. The van der Waals surface area contributed by atoms with Gasteiger partial charge in [-0.3, -0.25) is 0 Å². The Morgan fingerprint density at radius 1 is 0.955 bits per heavy atom. The van der Waals surface area contributed by atoms with Gasteiger partial charge in [-0.1, -0.05) is 30.3 Å². The number of aromatic nitrogens is 2. The summed E-state index contributed by atoms with van der Waals surface area (Å²) in [6.07, 6.45) is -1.38. The van der Waals surface area contributed by atoms with E-state index in [2.05, 4.69) is 10.2 Å². The van der Waals surface area contributed by atoms with E-state index in [1.807, 2.05) is 35.2 Å². The second-order valence-electron chi connectivity index (χ2n) is 5.39. The van der Waals surface area contributed by atoms with Crippen LogP contribution in [-0.2, 0) is 6.18 Å². The van der Waals surface area contributed by atoms with E-state index >= 15 is 0 Å². The van der Waals surface area contributed by atoms with E-state index in [1.165, 1.54) is 6.07 Å². The molecule has 1 aliphatic rings. The fourth-order valence-electron chi connectivity index (χ4n) is 2.86. The third kappa shape index (κ3) is 3.05. The van der Waals surface area contributed by atoms with Gasteiger partial charge in [-0.2, -0.15) is 13.2 Å². The Morgan fingerprint density at radius 3 is 2.36 bits per heavy atom. The molecule has 1 aromatic heterocycles. The van der Waals surface area contributed by atoms with Gasteiger partial charge in [-0.25, -0.2) is 0 Å². The summed E-state index contributed by atoms with van der Waals surface area (Å²) in [4.78, 5) is 2.05. The van der Waals surface area contributed by atoms with Gasteiger partial charge < -0.3 is 4.90 Å². The molecule has 0 spiro atoms. The molecule has 3 nitrogen and oxygen atoms in total. The standard InChI is InChI=1S/C16H16F3N3/c17-16(18,19)14-9-10-15(21-20-14)22-11-5-4-8-13(22)12-6-2-1-3-7-12/h1-3,6-7,9-10,13H,4-5,8,11H2/t13-/m1/s1. The van der Waals surface area contributed by atoms with Gasteiger partial charge in [0.2, 0.25) is 0 Å². The van der Waals surface area contributed by atoms with Crippen LogP contribution in [0.2, 0.25) is 0 Å². The predicted molar refractivity (Wildman–Crippen MR) is 77.4 cm³/mol. The normalized spacial score (nSPS) is 19.2. The zero-order valence-corrected chi connectivity index (χ0v) is 11.9. The molecular weight excluding hydrogens is 291 g/mol. The van der Waals surface area contributed by atoms with Crippen molar-refractivity contribution in [2.24, 2.45) is 0 Å². The van der Waals surface area contributed by atoms with Gasteiger partial charge >= 0.3 is 6.18 Å². The Kier molecular flexibility index (Phi) is 4.00. The lowest BCUT2D eigenvalue weighted by Gasteiger charge is -2.36. The van der Waals surface area contributed by atoms with E-state index in [0.717, 1.165) is 37.4 Å². The minimum Gasteiger partial charge on any atom is -0.348 e. The fourth-order valence-corrected chi connectivity index (χ4v) is 2.86. The molecular formula is C16H16F3N3. The summed E-state index contributed by atoms with van der Waals surface area (Å²) >= 11 is 0. The Balaban J connectivity index is 1.88. The van der Waals surface area contributed by atoms with E-state index in [4.69, 9.17) is 0 Å². The van der Waals surface area contributed by atoms with Crippen molar-refractivity contribution in [1.29, 1.82) is 0 Å². The van der Waals surface area contributed by atoms with E-state index in [9.17, 15) is 13.2 Å². The van der Waals surface area contributed by atoms with Crippen molar-refractivity contribution in [2.75, 3.05) is 11.4 Å². The van der Waals surface area contributed by atoms with E-state index in [1.54, 1.807) is 0 Å². The molecule has 0 aliphatic carbocycles. The molecule has 2 heterocycles. The van der Waals surface area contributed by atoms with E-state index in [0.29, 0.717) is 5.82 Å². The van der Waals surface area contributed by atoms with Crippen molar-refractivity contribution >= 4 is 5.82 Å². The summed E-state index contributed by atoms with van der Waals surface area (Å²) in [6, 6.07) is 12.5. The molecule has 6 heteroatoms. The van der Waals surface area contributed by atoms with Crippen LogP contribution in [0.4, 0.5) is 19.0 Å². The molecule has 0 saturated carbocycles. The number of halogens is 3. The van der Waals surface area contributed by atoms with Gasteiger partial charge in [0.1, 0.15) is 0 Å². The molecule has 22 heavy (non-hydrogen) atoms. The van der Waals surface area contributed by atoms with Gasteiger partial charge in [0, 0.05) is 6.54 Å². The highest BCUT2D eigenvalue weighted by Crippen LogP contribution is 2.34. The number of hydrogen-bond acceptors (Lipinski definition) is 3. The molecule has 0 radical (unpaired) electrons. The number of anilines is 1. The number of rotatable bonds is 2. The molecule has 1 aromatic carbocycles. The first-order chi connectivity index (χ1) is 10.6. The molecule has 1 fully saturated rings. The Labute approximate surface area is 126 Å². The van der Waals surface area contributed by atoms with Gasteiger partial charge in [-0.05, 0) is 37.0 Å². The monoisotopic (exact) mass is 307 g/mol. The highest BCUT2D eigenvalue weighted by molar-refractivity contribution is 5.42. The van der Waals surface area contributed by atoms with Crippen LogP contribution in [0.15, 0.2) is 42.5 Å². The average molecular weight is 307 g/mol. The Morgan fingerprint density at radius 2 is 1.73 bits per heavy atom. The number of alkyl halides is 3. The maximum absolute atomic E-state index is 12.6. The Bertz CT molecular complexity index is 611. The summed E-state index contributed by atoms with van der Waals surface area (Å²) < 4.78 is 37.8. The first-order valence-electron chi connectivity index (χ1n) is 7.28. The van der Waals surface area contributed by atoms with Crippen molar-refractivity contribution in [3.8, 4) is 0 Å². The van der Waals surface area contributed by atoms with Crippen LogP contribution in [0.5, 0.6) is 0 Å². The Hall–Kier alpha value is -2.11. The lowest BCUT2D eigenvalue weighted by atomic mass is 9.95. The molecule has 1 saturated heterocycles. The van der Waals surface area contributed by atoms with Crippen molar-refractivity contribution < 1.29 is 13.2 Å². The molecule has 0 N–H and O–H groups in total. The van der Waals surface area contributed by atoms with Gasteiger partial charge in [0.25, 0.3) is 0 Å². The molecule has 116 valence electrons. The van der Waals surface area contributed by atoms with Crippen molar-refractivity contribution in [3.05, 3.63) is 53.7 Å². The summed E-state index contributed by atoms with van der Waals surface area (Å²) in [7, 11) is 0. The zero-order chi connectivity index (χ0) is 15.6.